The number of hydrogen-bond donors (Lipinski definition) is 2. The van der Waals surface area contributed by atoms with Crippen molar-refractivity contribution in [3.8, 4) is 5.75 Å². The normalized spacial score (nSPS) is 11.7. The van der Waals surface area contributed by atoms with E-state index in [1.54, 1.807) is 24.3 Å². The van der Waals surface area contributed by atoms with Crippen molar-refractivity contribution < 1.29 is 19.4 Å². The van der Waals surface area contributed by atoms with E-state index in [2.05, 4.69) is 5.32 Å². The molecule has 1 rings (SSSR count). The molecule has 0 heterocycles. The van der Waals surface area contributed by atoms with E-state index in [0.717, 1.165) is 6.42 Å². The van der Waals surface area contributed by atoms with Crippen LogP contribution in [0.25, 0.3) is 0 Å². The molecule has 0 spiro atoms. The largest absolute Gasteiger partial charge is 0.494 e. The third-order valence-electron chi connectivity index (χ3n) is 2.77. The van der Waals surface area contributed by atoms with Crippen LogP contribution in [0.1, 0.15) is 43.5 Å². The fourth-order valence-corrected chi connectivity index (χ4v) is 1.71. The Morgan fingerprint density at radius 3 is 2.35 bits per heavy atom. The summed E-state index contributed by atoms with van der Waals surface area (Å²) in [6.45, 7) is 4.52. The number of ether oxygens (including phenoxy) is 1. The van der Waals surface area contributed by atoms with Gasteiger partial charge in [-0.2, -0.15) is 0 Å². The van der Waals surface area contributed by atoms with E-state index in [4.69, 9.17) is 9.84 Å². The van der Waals surface area contributed by atoms with E-state index < -0.39 is 12.0 Å². The van der Waals surface area contributed by atoms with Crippen LogP contribution in [0, 0.1) is 0 Å². The summed E-state index contributed by atoms with van der Waals surface area (Å²) in [6.07, 6.45) is 2.03. The van der Waals surface area contributed by atoms with Crippen molar-refractivity contribution in [1.82, 2.24) is 5.32 Å². The maximum atomic E-state index is 11.9. The van der Waals surface area contributed by atoms with Crippen molar-refractivity contribution in [1.29, 1.82) is 0 Å². The molecule has 0 bridgehead atoms. The highest BCUT2D eigenvalue weighted by Crippen LogP contribution is 2.12. The number of carbonyl (C=O) groups is 2. The molecule has 110 valence electrons. The van der Waals surface area contributed by atoms with Crippen molar-refractivity contribution >= 4 is 11.9 Å². The van der Waals surface area contributed by atoms with Gasteiger partial charge in [-0.1, -0.05) is 20.3 Å². The maximum absolute atomic E-state index is 11.9. The first-order valence-corrected chi connectivity index (χ1v) is 6.85. The standard InChI is InChI=1S/C15H21NO4/c1-3-5-13(15(18)19)16-14(17)11-6-8-12(9-7-11)20-10-4-2/h6-9,13H,3-5,10H2,1-2H3,(H,16,17)(H,18,19)/t13-/m0/s1. The van der Waals surface area contributed by atoms with Crippen LogP contribution in [-0.4, -0.2) is 29.6 Å². The fourth-order valence-electron chi connectivity index (χ4n) is 1.71. The molecule has 0 saturated carbocycles. The molecule has 1 amide bonds. The van der Waals surface area contributed by atoms with E-state index in [1.165, 1.54) is 0 Å². The number of carboxylic acid groups (broad SMARTS) is 1. The van der Waals surface area contributed by atoms with E-state index >= 15 is 0 Å². The van der Waals surface area contributed by atoms with Crippen molar-refractivity contribution in [2.45, 2.75) is 39.2 Å². The summed E-state index contributed by atoms with van der Waals surface area (Å²) in [4.78, 5) is 22.9. The summed E-state index contributed by atoms with van der Waals surface area (Å²) in [7, 11) is 0. The van der Waals surface area contributed by atoms with Gasteiger partial charge < -0.3 is 15.2 Å². The van der Waals surface area contributed by atoms with Crippen LogP contribution in [0.15, 0.2) is 24.3 Å². The molecule has 0 radical (unpaired) electrons. The maximum Gasteiger partial charge on any atom is 0.326 e. The number of rotatable bonds is 8. The van der Waals surface area contributed by atoms with Crippen molar-refractivity contribution in [2.75, 3.05) is 6.61 Å². The predicted octanol–water partition coefficient (Wildman–Crippen LogP) is 2.46. The first-order valence-electron chi connectivity index (χ1n) is 6.85. The second kappa shape index (κ2) is 8.19. The fraction of sp³-hybridized carbons (Fsp3) is 0.467. The third-order valence-corrected chi connectivity index (χ3v) is 2.77. The van der Waals surface area contributed by atoms with Gasteiger partial charge in [0.05, 0.1) is 6.61 Å². The second-order valence-electron chi connectivity index (χ2n) is 4.53. The molecule has 1 aromatic rings. The lowest BCUT2D eigenvalue weighted by Crippen LogP contribution is -2.40. The smallest absolute Gasteiger partial charge is 0.326 e. The first kappa shape index (κ1) is 16.0. The number of benzene rings is 1. The van der Waals surface area contributed by atoms with Gasteiger partial charge in [0, 0.05) is 5.56 Å². The molecule has 0 fully saturated rings. The molecule has 0 saturated heterocycles. The topological polar surface area (TPSA) is 75.6 Å². The van der Waals surface area contributed by atoms with Gasteiger partial charge in [-0.3, -0.25) is 4.79 Å². The Morgan fingerprint density at radius 1 is 1.20 bits per heavy atom. The minimum absolute atomic E-state index is 0.382. The van der Waals surface area contributed by atoms with Gasteiger partial charge in [-0.15, -0.1) is 0 Å². The molecule has 0 aliphatic rings. The molecule has 1 aromatic carbocycles. The van der Waals surface area contributed by atoms with E-state index in [-0.39, 0.29) is 5.91 Å². The summed E-state index contributed by atoms with van der Waals surface area (Å²) in [5, 5.41) is 11.5. The van der Waals surface area contributed by atoms with Crippen molar-refractivity contribution in [3.63, 3.8) is 0 Å². The lowest BCUT2D eigenvalue weighted by Gasteiger charge is -2.13. The van der Waals surface area contributed by atoms with Gasteiger partial charge in [-0.25, -0.2) is 4.79 Å². The molecular formula is C15H21NO4. The van der Waals surface area contributed by atoms with Gasteiger partial charge >= 0.3 is 5.97 Å². The van der Waals surface area contributed by atoms with Gasteiger partial charge in [0.15, 0.2) is 0 Å². The zero-order valence-electron chi connectivity index (χ0n) is 11.9. The minimum Gasteiger partial charge on any atom is -0.494 e. The number of nitrogens with one attached hydrogen (secondary N) is 1. The van der Waals surface area contributed by atoms with E-state index in [0.29, 0.717) is 30.8 Å². The molecule has 0 unspecified atom stereocenters. The van der Waals surface area contributed by atoms with Crippen molar-refractivity contribution in [2.24, 2.45) is 0 Å². The molecule has 0 aliphatic carbocycles. The number of hydrogen-bond acceptors (Lipinski definition) is 3. The van der Waals surface area contributed by atoms with Gasteiger partial charge in [0.1, 0.15) is 11.8 Å². The van der Waals surface area contributed by atoms with E-state index in [9.17, 15) is 9.59 Å². The zero-order valence-corrected chi connectivity index (χ0v) is 11.9. The average Bonchev–Trinajstić information content (AvgIpc) is 2.45. The Labute approximate surface area is 118 Å². The van der Waals surface area contributed by atoms with E-state index in [1.807, 2.05) is 13.8 Å². The number of carbonyl (C=O) groups excluding carboxylic acids is 1. The highest BCUT2D eigenvalue weighted by molar-refractivity contribution is 5.96. The molecule has 2 N–H and O–H groups in total. The zero-order chi connectivity index (χ0) is 15.0. The number of aliphatic carboxylic acids is 1. The SMILES string of the molecule is CCCOc1ccc(C(=O)N[C@@H](CCC)C(=O)O)cc1. The highest BCUT2D eigenvalue weighted by Gasteiger charge is 2.19. The average molecular weight is 279 g/mol. The Bertz CT molecular complexity index is 442. The van der Waals surface area contributed by atoms with Crippen LogP contribution in [-0.2, 0) is 4.79 Å². The lowest BCUT2D eigenvalue weighted by molar-refractivity contribution is -0.139. The van der Waals surface area contributed by atoms with Crippen LogP contribution in [0.2, 0.25) is 0 Å². The van der Waals surface area contributed by atoms with Crippen LogP contribution >= 0.6 is 0 Å². The Balaban J connectivity index is 2.64. The summed E-state index contributed by atoms with van der Waals surface area (Å²) in [5.41, 5.74) is 0.427. The molecular weight excluding hydrogens is 258 g/mol. The number of amides is 1. The van der Waals surface area contributed by atoms with Crippen LogP contribution in [0.5, 0.6) is 5.75 Å². The van der Waals surface area contributed by atoms with Crippen LogP contribution in [0.4, 0.5) is 0 Å². The first-order chi connectivity index (χ1) is 9.58. The summed E-state index contributed by atoms with van der Waals surface area (Å²) in [5.74, 6) is -0.692. The summed E-state index contributed by atoms with van der Waals surface area (Å²) in [6, 6.07) is 5.83. The van der Waals surface area contributed by atoms with Crippen LogP contribution in [0.3, 0.4) is 0 Å². The van der Waals surface area contributed by atoms with Crippen molar-refractivity contribution in [3.05, 3.63) is 29.8 Å². The van der Waals surface area contributed by atoms with Crippen LogP contribution < -0.4 is 10.1 Å². The number of carboxylic acids is 1. The van der Waals surface area contributed by atoms with Gasteiger partial charge in [-0.05, 0) is 37.1 Å². The molecule has 5 nitrogen and oxygen atoms in total. The Morgan fingerprint density at radius 2 is 1.85 bits per heavy atom. The molecule has 0 aliphatic heterocycles. The minimum atomic E-state index is -1.01. The van der Waals surface area contributed by atoms with Gasteiger partial charge in [0.25, 0.3) is 5.91 Å². The third kappa shape index (κ3) is 4.91. The van der Waals surface area contributed by atoms with Gasteiger partial charge in [0.2, 0.25) is 0 Å². The Kier molecular flexibility index (Phi) is 6.56. The summed E-state index contributed by atoms with van der Waals surface area (Å²) < 4.78 is 5.42. The second-order valence-corrected chi connectivity index (χ2v) is 4.53. The summed E-state index contributed by atoms with van der Waals surface area (Å²) >= 11 is 0. The predicted molar refractivity (Wildman–Crippen MR) is 76.0 cm³/mol. The lowest BCUT2D eigenvalue weighted by atomic mass is 10.1. The Hall–Kier alpha value is -2.04. The molecule has 20 heavy (non-hydrogen) atoms. The molecule has 1 atom stereocenters. The molecule has 5 heteroatoms. The quantitative estimate of drug-likeness (QED) is 0.766. The molecule has 0 aromatic heterocycles. The monoisotopic (exact) mass is 279 g/mol. The highest BCUT2D eigenvalue weighted by atomic mass is 16.5.